The van der Waals surface area contributed by atoms with Gasteiger partial charge in [0.05, 0.1) is 12.2 Å². The number of pyridine rings is 1. The lowest BCUT2D eigenvalue weighted by Gasteiger charge is -2.12. The van der Waals surface area contributed by atoms with E-state index in [1.807, 2.05) is 18.3 Å². The average molecular weight is 321 g/mol. The molecular weight excluding hydrogens is 298 g/mol. The Morgan fingerprint density at radius 3 is 2.88 bits per heavy atom. The minimum atomic E-state index is 0.666. The van der Waals surface area contributed by atoms with Gasteiger partial charge in [-0.25, -0.2) is 0 Å². The van der Waals surface area contributed by atoms with Crippen LogP contribution in [-0.4, -0.2) is 29.5 Å². The fraction of sp³-hybridized carbons (Fsp3) is 0.263. The summed E-state index contributed by atoms with van der Waals surface area (Å²) in [5, 5.41) is 7.96. The van der Waals surface area contributed by atoms with Crippen molar-refractivity contribution in [2.24, 2.45) is 4.99 Å². The first kappa shape index (κ1) is 16.1. The molecule has 124 valence electrons. The van der Waals surface area contributed by atoms with E-state index in [9.17, 15) is 0 Å². The van der Waals surface area contributed by atoms with E-state index in [1.165, 1.54) is 22.0 Å². The summed E-state index contributed by atoms with van der Waals surface area (Å²) < 4.78 is 0. The molecule has 0 spiro atoms. The molecule has 5 nitrogen and oxygen atoms in total. The number of guanidine groups is 1. The van der Waals surface area contributed by atoms with E-state index in [2.05, 4.69) is 63.0 Å². The third-order valence-electron chi connectivity index (χ3n) is 4.13. The first-order chi connectivity index (χ1) is 11.8. The summed E-state index contributed by atoms with van der Waals surface area (Å²) in [5.41, 5.74) is 4.71. The zero-order valence-electron chi connectivity index (χ0n) is 14.1. The van der Waals surface area contributed by atoms with Crippen molar-refractivity contribution in [1.82, 2.24) is 20.6 Å². The first-order valence-electron chi connectivity index (χ1n) is 8.18. The van der Waals surface area contributed by atoms with Crippen LogP contribution in [0.25, 0.3) is 10.9 Å². The quantitative estimate of drug-likeness (QED) is 0.500. The van der Waals surface area contributed by atoms with Gasteiger partial charge in [-0.15, -0.1) is 0 Å². The zero-order valence-corrected chi connectivity index (χ0v) is 14.1. The second-order valence-corrected chi connectivity index (χ2v) is 5.73. The first-order valence-corrected chi connectivity index (χ1v) is 8.18. The van der Waals surface area contributed by atoms with E-state index in [-0.39, 0.29) is 0 Å². The van der Waals surface area contributed by atoms with Crippen molar-refractivity contribution in [3.05, 3.63) is 65.6 Å². The Morgan fingerprint density at radius 2 is 2.04 bits per heavy atom. The lowest BCUT2D eigenvalue weighted by atomic mass is 10.1. The highest BCUT2D eigenvalue weighted by Gasteiger charge is 2.04. The van der Waals surface area contributed by atoms with Gasteiger partial charge in [0.2, 0.25) is 0 Å². The fourth-order valence-electron chi connectivity index (χ4n) is 2.75. The summed E-state index contributed by atoms with van der Waals surface area (Å²) in [6.07, 6.45) is 4.84. The third kappa shape index (κ3) is 3.74. The predicted molar refractivity (Wildman–Crippen MR) is 99.2 cm³/mol. The molecular formula is C19H23N5. The molecule has 0 aliphatic heterocycles. The molecule has 0 saturated carbocycles. The number of nitrogens with zero attached hydrogens (tertiary/aromatic N) is 2. The van der Waals surface area contributed by atoms with Crippen molar-refractivity contribution in [1.29, 1.82) is 0 Å². The summed E-state index contributed by atoms with van der Waals surface area (Å²) in [4.78, 5) is 12.0. The number of para-hydroxylation sites is 1. The number of aromatic nitrogens is 2. The molecule has 0 saturated heterocycles. The van der Waals surface area contributed by atoms with E-state index < -0.39 is 0 Å². The van der Waals surface area contributed by atoms with Crippen molar-refractivity contribution in [3.8, 4) is 0 Å². The Kier molecular flexibility index (Phi) is 5.11. The van der Waals surface area contributed by atoms with Crippen molar-refractivity contribution in [2.45, 2.75) is 19.9 Å². The highest BCUT2D eigenvalue weighted by Crippen LogP contribution is 2.17. The smallest absolute Gasteiger partial charge is 0.191 e. The number of hydrogen-bond acceptors (Lipinski definition) is 2. The van der Waals surface area contributed by atoms with Gasteiger partial charge in [-0.1, -0.05) is 24.3 Å². The molecule has 0 bridgehead atoms. The van der Waals surface area contributed by atoms with Crippen LogP contribution >= 0.6 is 0 Å². The molecule has 2 aromatic heterocycles. The second kappa shape index (κ2) is 7.64. The van der Waals surface area contributed by atoms with E-state index in [0.717, 1.165) is 24.6 Å². The lowest BCUT2D eigenvalue weighted by Crippen LogP contribution is -2.38. The van der Waals surface area contributed by atoms with Crippen molar-refractivity contribution < 1.29 is 0 Å². The summed E-state index contributed by atoms with van der Waals surface area (Å²) >= 11 is 0. The molecule has 0 amide bonds. The number of aryl methyl sites for hydroxylation is 1. The molecule has 24 heavy (non-hydrogen) atoms. The Labute approximate surface area is 142 Å². The Bertz CT molecular complexity index is 834. The molecule has 0 aliphatic rings. The highest BCUT2D eigenvalue weighted by atomic mass is 15.2. The minimum absolute atomic E-state index is 0.666. The van der Waals surface area contributed by atoms with E-state index >= 15 is 0 Å². The maximum absolute atomic E-state index is 4.39. The highest BCUT2D eigenvalue weighted by molar-refractivity contribution is 5.83. The number of fused-ring (bicyclic) bond motifs is 1. The van der Waals surface area contributed by atoms with E-state index in [1.54, 1.807) is 7.05 Å². The maximum Gasteiger partial charge on any atom is 0.191 e. The van der Waals surface area contributed by atoms with Gasteiger partial charge in [0.1, 0.15) is 0 Å². The molecule has 3 rings (SSSR count). The monoisotopic (exact) mass is 321 g/mol. The number of hydrogen-bond donors (Lipinski definition) is 3. The van der Waals surface area contributed by atoms with Gasteiger partial charge in [-0.2, -0.15) is 0 Å². The van der Waals surface area contributed by atoms with Gasteiger partial charge in [0.15, 0.2) is 5.96 Å². The molecule has 3 N–H and O–H groups in total. The maximum atomic E-state index is 4.39. The number of aliphatic imine (C=N–C) groups is 1. The normalized spacial score (nSPS) is 11.7. The number of H-pyrrole nitrogens is 1. The van der Waals surface area contributed by atoms with Crippen molar-refractivity contribution >= 4 is 16.9 Å². The van der Waals surface area contributed by atoms with Crippen LogP contribution in [0.15, 0.2) is 53.8 Å². The molecule has 0 atom stereocenters. The Balaban J connectivity index is 1.52. The number of aromatic amines is 1. The third-order valence-corrected chi connectivity index (χ3v) is 4.13. The minimum Gasteiger partial charge on any atom is -0.361 e. The largest absolute Gasteiger partial charge is 0.361 e. The number of nitrogens with one attached hydrogen (secondary N) is 3. The Morgan fingerprint density at radius 1 is 1.17 bits per heavy atom. The molecule has 5 heteroatoms. The van der Waals surface area contributed by atoms with E-state index in [4.69, 9.17) is 0 Å². The second-order valence-electron chi connectivity index (χ2n) is 5.73. The van der Waals surface area contributed by atoms with Crippen LogP contribution in [0.4, 0.5) is 0 Å². The predicted octanol–water partition coefficient (Wildman–Crippen LogP) is 2.78. The van der Waals surface area contributed by atoms with E-state index in [0.29, 0.717) is 6.54 Å². The van der Waals surface area contributed by atoms with Gasteiger partial charge in [0, 0.05) is 36.9 Å². The summed E-state index contributed by atoms with van der Waals surface area (Å²) in [5.74, 6) is 0.792. The standard InChI is InChI=1S/C19H23N5/c1-14-6-5-10-21-18(14)13-24-19(20-2)22-11-9-15-12-23-17-8-4-3-7-16(15)17/h3-8,10,12,23H,9,11,13H2,1-2H3,(H2,20,22,24). The fourth-order valence-corrected chi connectivity index (χ4v) is 2.75. The molecule has 3 aromatic rings. The average Bonchev–Trinajstić information content (AvgIpc) is 3.02. The topological polar surface area (TPSA) is 65.1 Å². The number of rotatable bonds is 5. The lowest BCUT2D eigenvalue weighted by molar-refractivity contribution is 0.781. The van der Waals surface area contributed by atoms with Crippen LogP contribution in [0.5, 0.6) is 0 Å². The Hall–Kier alpha value is -2.82. The van der Waals surface area contributed by atoms with Crippen LogP contribution in [-0.2, 0) is 13.0 Å². The van der Waals surface area contributed by atoms with Gasteiger partial charge >= 0.3 is 0 Å². The van der Waals surface area contributed by atoms with Crippen LogP contribution in [0.1, 0.15) is 16.8 Å². The van der Waals surface area contributed by atoms with Crippen LogP contribution in [0, 0.1) is 6.92 Å². The van der Waals surface area contributed by atoms with Crippen LogP contribution < -0.4 is 10.6 Å². The summed E-state index contributed by atoms with van der Waals surface area (Å²) in [6, 6.07) is 12.4. The van der Waals surface area contributed by atoms with Crippen molar-refractivity contribution in [2.75, 3.05) is 13.6 Å². The molecule has 2 heterocycles. The van der Waals surface area contributed by atoms with Gasteiger partial charge in [0.25, 0.3) is 0 Å². The molecule has 0 fully saturated rings. The van der Waals surface area contributed by atoms with Gasteiger partial charge in [-0.3, -0.25) is 9.98 Å². The van der Waals surface area contributed by atoms with Crippen LogP contribution in [0.3, 0.4) is 0 Å². The molecule has 1 aromatic carbocycles. The van der Waals surface area contributed by atoms with Gasteiger partial charge in [-0.05, 0) is 36.6 Å². The molecule has 0 aliphatic carbocycles. The number of benzene rings is 1. The van der Waals surface area contributed by atoms with Gasteiger partial charge < -0.3 is 15.6 Å². The molecule has 0 unspecified atom stereocenters. The summed E-state index contributed by atoms with van der Waals surface area (Å²) in [7, 11) is 1.78. The zero-order chi connectivity index (χ0) is 16.8. The molecule has 0 radical (unpaired) electrons. The van der Waals surface area contributed by atoms with Crippen LogP contribution in [0.2, 0.25) is 0 Å². The SMILES string of the molecule is CN=C(NCCc1c[nH]c2ccccc12)NCc1ncccc1C. The summed E-state index contributed by atoms with van der Waals surface area (Å²) in [6.45, 7) is 3.55. The van der Waals surface area contributed by atoms with Crippen molar-refractivity contribution in [3.63, 3.8) is 0 Å².